The van der Waals surface area contributed by atoms with E-state index in [1.807, 2.05) is 39.0 Å². The van der Waals surface area contributed by atoms with E-state index < -0.39 is 6.04 Å². The number of hydrogen-bond acceptors (Lipinski definition) is 2. The van der Waals surface area contributed by atoms with Crippen LogP contribution in [0, 0.1) is 12.8 Å². The summed E-state index contributed by atoms with van der Waals surface area (Å²) in [5, 5.41) is 5.72. The molecular formula is C17H26N2O2. The molecule has 0 unspecified atom stereocenters. The highest BCUT2D eigenvalue weighted by molar-refractivity contribution is 5.97. The van der Waals surface area contributed by atoms with Gasteiger partial charge in [0.25, 0.3) is 5.91 Å². The predicted molar refractivity (Wildman–Crippen MR) is 85.2 cm³/mol. The van der Waals surface area contributed by atoms with Gasteiger partial charge in [-0.3, -0.25) is 9.59 Å². The highest BCUT2D eigenvalue weighted by Gasteiger charge is 2.24. The lowest BCUT2D eigenvalue weighted by molar-refractivity contribution is -0.123. The molecule has 0 fully saturated rings. The minimum absolute atomic E-state index is 0.0420. The van der Waals surface area contributed by atoms with E-state index >= 15 is 0 Å². The Morgan fingerprint density at radius 1 is 1.24 bits per heavy atom. The van der Waals surface area contributed by atoms with Crippen molar-refractivity contribution in [1.82, 2.24) is 10.6 Å². The number of amides is 2. The average molecular weight is 290 g/mol. The largest absolute Gasteiger partial charge is 0.354 e. The molecule has 4 heteroatoms. The Labute approximate surface area is 127 Å². The fraction of sp³-hybridized carbons (Fsp3) is 0.529. The molecule has 0 aliphatic rings. The standard InChI is InChI=1S/C17H26N2O2/c1-5-6-10-18-17(21)15(12(2)3)19-16(20)14-9-7-8-13(4)11-14/h7-9,11-12,15H,5-6,10H2,1-4H3,(H,18,21)(H,19,20)/t15-/m0/s1. The van der Waals surface area contributed by atoms with Crippen LogP contribution in [0.5, 0.6) is 0 Å². The van der Waals surface area contributed by atoms with Gasteiger partial charge in [0.15, 0.2) is 0 Å². The third-order valence-electron chi connectivity index (χ3n) is 3.35. The van der Waals surface area contributed by atoms with Gasteiger partial charge < -0.3 is 10.6 Å². The summed E-state index contributed by atoms with van der Waals surface area (Å²) in [7, 11) is 0. The third kappa shape index (κ3) is 5.58. The SMILES string of the molecule is CCCCNC(=O)[C@@H](NC(=O)c1cccc(C)c1)C(C)C. The Kier molecular flexibility index (Phi) is 6.92. The fourth-order valence-corrected chi connectivity index (χ4v) is 2.04. The molecule has 0 saturated heterocycles. The quantitative estimate of drug-likeness (QED) is 0.759. The number of carbonyl (C=O) groups excluding carboxylic acids is 2. The first-order valence-electron chi connectivity index (χ1n) is 7.61. The Morgan fingerprint density at radius 2 is 1.95 bits per heavy atom. The normalized spacial score (nSPS) is 12.0. The number of unbranched alkanes of at least 4 members (excludes halogenated alkanes) is 1. The summed E-state index contributed by atoms with van der Waals surface area (Å²) >= 11 is 0. The highest BCUT2D eigenvalue weighted by Crippen LogP contribution is 2.07. The molecule has 0 heterocycles. The van der Waals surface area contributed by atoms with Crippen LogP contribution in [-0.4, -0.2) is 24.4 Å². The van der Waals surface area contributed by atoms with Crippen LogP contribution in [0.25, 0.3) is 0 Å². The third-order valence-corrected chi connectivity index (χ3v) is 3.35. The number of nitrogens with one attached hydrogen (secondary N) is 2. The van der Waals surface area contributed by atoms with E-state index in [-0.39, 0.29) is 17.7 Å². The van der Waals surface area contributed by atoms with Crippen LogP contribution in [0.1, 0.15) is 49.5 Å². The maximum Gasteiger partial charge on any atom is 0.251 e. The maximum atomic E-state index is 12.3. The van der Waals surface area contributed by atoms with Gasteiger partial charge in [-0.2, -0.15) is 0 Å². The number of aryl methyl sites for hydroxylation is 1. The molecule has 2 amide bonds. The summed E-state index contributed by atoms with van der Waals surface area (Å²) in [5.74, 6) is -0.275. The molecule has 0 spiro atoms. The second-order valence-electron chi connectivity index (χ2n) is 5.71. The van der Waals surface area contributed by atoms with E-state index in [1.165, 1.54) is 0 Å². The van der Waals surface area contributed by atoms with Crippen molar-refractivity contribution in [2.24, 2.45) is 5.92 Å². The predicted octanol–water partition coefficient (Wildman–Crippen LogP) is 2.67. The monoisotopic (exact) mass is 290 g/mol. The van der Waals surface area contributed by atoms with Crippen molar-refractivity contribution in [2.75, 3.05) is 6.54 Å². The Morgan fingerprint density at radius 3 is 2.52 bits per heavy atom. The van der Waals surface area contributed by atoms with Crippen LogP contribution >= 0.6 is 0 Å². The van der Waals surface area contributed by atoms with Crippen molar-refractivity contribution in [2.45, 2.75) is 46.6 Å². The smallest absolute Gasteiger partial charge is 0.251 e. The topological polar surface area (TPSA) is 58.2 Å². The van der Waals surface area contributed by atoms with Crippen molar-refractivity contribution in [3.63, 3.8) is 0 Å². The zero-order valence-corrected chi connectivity index (χ0v) is 13.4. The molecule has 1 rings (SSSR count). The molecule has 4 nitrogen and oxygen atoms in total. The van der Waals surface area contributed by atoms with Gasteiger partial charge in [-0.15, -0.1) is 0 Å². The van der Waals surface area contributed by atoms with Gasteiger partial charge in [0.05, 0.1) is 0 Å². The van der Waals surface area contributed by atoms with Crippen molar-refractivity contribution in [1.29, 1.82) is 0 Å². The van der Waals surface area contributed by atoms with Crippen molar-refractivity contribution >= 4 is 11.8 Å². The molecule has 2 N–H and O–H groups in total. The molecule has 0 bridgehead atoms. The van der Waals surface area contributed by atoms with E-state index in [0.717, 1.165) is 18.4 Å². The van der Waals surface area contributed by atoms with Gasteiger partial charge >= 0.3 is 0 Å². The first kappa shape index (κ1) is 17.2. The van der Waals surface area contributed by atoms with Crippen LogP contribution in [0.4, 0.5) is 0 Å². The van der Waals surface area contributed by atoms with Crippen LogP contribution in [0.3, 0.4) is 0 Å². The van der Waals surface area contributed by atoms with Crippen LogP contribution in [0.15, 0.2) is 24.3 Å². The second-order valence-corrected chi connectivity index (χ2v) is 5.71. The molecule has 1 aromatic carbocycles. The second kappa shape index (κ2) is 8.45. The summed E-state index contributed by atoms with van der Waals surface area (Å²) in [4.78, 5) is 24.4. The van der Waals surface area contributed by atoms with Gasteiger partial charge in [0.2, 0.25) is 5.91 Å². The van der Waals surface area contributed by atoms with E-state index in [4.69, 9.17) is 0 Å². The summed E-state index contributed by atoms with van der Waals surface area (Å²) in [6.45, 7) is 8.53. The fourth-order valence-electron chi connectivity index (χ4n) is 2.04. The number of rotatable bonds is 7. The molecule has 116 valence electrons. The summed E-state index contributed by atoms with van der Waals surface area (Å²) in [5.41, 5.74) is 1.61. The van der Waals surface area contributed by atoms with Gasteiger partial charge in [-0.25, -0.2) is 0 Å². The minimum Gasteiger partial charge on any atom is -0.354 e. The van der Waals surface area contributed by atoms with Crippen LogP contribution < -0.4 is 10.6 Å². The first-order valence-corrected chi connectivity index (χ1v) is 7.61. The van der Waals surface area contributed by atoms with E-state index in [9.17, 15) is 9.59 Å². The van der Waals surface area contributed by atoms with Crippen LogP contribution in [-0.2, 0) is 4.79 Å². The molecule has 0 radical (unpaired) electrons. The van der Waals surface area contributed by atoms with Crippen molar-refractivity contribution < 1.29 is 9.59 Å². The van der Waals surface area contributed by atoms with Crippen molar-refractivity contribution in [3.05, 3.63) is 35.4 Å². The Balaban J connectivity index is 2.69. The first-order chi connectivity index (χ1) is 9.95. The number of carbonyl (C=O) groups is 2. The van der Waals surface area contributed by atoms with E-state index in [1.54, 1.807) is 6.07 Å². The molecule has 21 heavy (non-hydrogen) atoms. The number of hydrogen-bond donors (Lipinski definition) is 2. The molecule has 0 aromatic heterocycles. The van der Waals surface area contributed by atoms with E-state index in [0.29, 0.717) is 12.1 Å². The lowest BCUT2D eigenvalue weighted by Crippen LogP contribution is -2.49. The summed E-state index contributed by atoms with van der Waals surface area (Å²) < 4.78 is 0. The minimum atomic E-state index is -0.505. The summed E-state index contributed by atoms with van der Waals surface area (Å²) in [6.07, 6.45) is 1.98. The Bertz CT molecular complexity index is 483. The molecular weight excluding hydrogens is 264 g/mol. The lowest BCUT2D eigenvalue weighted by Gasteiger charge is -2.21. The molecule has 0 aliphatic carbocycles. The average Bonchev–Trinajstić information content (AvgIpc) is 2.44. The molecule has 1 aromatic rings. The van der Waals surface area contributed by atoms with Gasteiger partial charge in [0.1, 0.15) is 6.04 Å². The zero-order chi connectivity index (χ0) is 15.8. The molecule has 0 saturated carbocycles. The maximum absolute atomic E-state index is 12.3. The van der Waals surface area contributed by atoms with Crippen LogP contribution in [0.2, 0.25) is 0 Å². The number of benzene rings is 1. The molecule has 1 atom stereocenters. The van der Waals surface area contributed by atoms with E-state index in [2.05, 4.69) is 17.6 Å². The van der Waals surface area contributed by atoms with Gasteiger partial charge in [-0.1, -0.05) is 44.9 Å². The summed E-state index contributed by atoms with van der Waals surface area (Å²) in [6, 6.07) is 6.86. The van der Waals surface area contributed by atoms with Gasteiger partial charge in [0, 0.05) is 12.1 Å². The Hall–Kier alpha value is -1.84. The van der Waals surface area contributed by atoms with Gasteiger partial charge in [-0.05, 0) is 31.4 Å². The highest BCUT2D eigenvalue weighted by atomic mass is 16.2. The van der Waals surface area contributed by atoms with Crippen molar-refractivity contribution in [3.8, 4) is 0 Å². The molecule has 0 aliphatic heterocycles. The zero-order valence-electron chi connectivity index (χ0n) is 13.4. The lowest BCUT2D eigenvalue weighted by atomic mass is 10.0.